The maximum atomic E-state index is 5.62. The number of unbranched alkanes of at least 4 members (excludes halogenated alkanes) is 2. The van der Waals surface area contributed by atoms with Crippen molar-refractivity contribution < 1.29 is 0 Å². The van der Waals surface area contributed by atoms with Crippen LogP contribution >= 0.6 is 0 Å². The van der Waals surface area contributed by atoms with Gasteiger partial charge in [-0.15, -0.1) is 0 Å². The number of benzene rings is 8. The first kappa shape index (κ1) is 38.0. The van der Waals surface area contributed by atoms with Gasteiger partial charge in [0, 0.05) is 27.0 Å². The van der Waals surface area contributed by atoms with E-state index in [9.17, 15) is 0 Å². The minimum atomic E-state index is -0.194. The lowest BCUT2D eigenvalue weighted by Gasteiger charge is -2.38. The minimum Gasteiger partial charge on any atom is -0.244 e. The van der Waals surface area contributed by atoms with Crippen molar-refractivity contribution in [2.24, 2.45) is 11.8 Å². The third-order valence-corrected chi connectivity index (χ3v) is 14.6. The number of rotatable bonds is 12. The first-order chi connectivity index (χ1) is 30.0. The first-order valence-corrected chi connectivity index (χ1v) is 23.1. The molecule has 0 N–H and O–H groups in total. The third-order valence-electron chi connectivity index (χ3n) is 14.6. The van der Waals surface area contributed by atoms with Crippen LogP contribution < -0.4 is 0 Å². The van der Waals surface area contributed by atoms with E-state index in [2.05, 4.69) is 149 Å². The van der Waals surface area contributed by atoms with Crippen molar-refractivity contribution in [1.29, 1.82) is 0 Å². The molecule has 61 heavy (non-hydrogen) atoms. The van der Waals surface area contributed by atoms with Gasteiger partial charge in [-0.3, -0.25) is 0 Å². The van der Waals surface area contributed by atoms with Crippen molar-refractivity contribution in [2.45, 2.75) is 97.3 Å². The molecule has 2 heterocycles. The van der Waals surface area contributed by atoms with Gasteiger partial charge in [-0.2, -0.15) is 0 Å². The second kappa shape index (κ2) is 15.2. The fourth-order valence-corrected chi connectivity index (χ4v) is 11.4. The molecule has 302 valence electrons. The predicted octanol–water partition coefficient (Wildman–Crippen LogP) is 16.0. The predicted molar refractivity (Wildman–Crippen MR) is 260 cm³/mol. The van der Waals surface area contributed by atoms with Crippen LogP contribution in [0.3, 0.4) is 0 Å². The van der Waals surface area contributed by atoms with Crippen molar-refractivity contribution >= 4 is 87.2 Å². The van der Waals surface area contributed by atoms with E-state index in [0.29, 0.717) is 11.8 Å². The maximum absolute atomic E-state index is 5.62. The molecule has 4 nitrogen and oxygen atoms in total. The van der Waals surface area contributed by atoms with Crippen molar-refractivity contribution in [3.8, 4) is 11.1 Å². The molecule has 0 amide bonds. The molecule has 0 radical (unpaired) electrons. The minimum absolute atomic E-state index is 0.194. The van der Waals surface area contributed by atoms with Crippen molar-refractivity contribution in [2.75, 3.05) is 0 Å². The number of aromatic nitrogens is 4. The molecule has 2 atom stereocenters. The summed E-state index contributed by atoms with van der Waals surface area (Å²) in [5.41, 5.74) is 13.0. The Kier molecular flexibility index (Phi) is 9.44. The van der Waals surface area contributed by atoms with Gasteiger partial charge in [0.25, 0.3) is 0 Å². The molecule has 4 heteroatoms. The second-order valence-corrected chi connectivity index (χ2v) is 18.1. The largest absolute Gasteiger partial charge is 0.244 e. The summed E-state index contributed by atoms with van der Waals surface area (Å²) in [5, 5.41) is 9.51. The van der Waals surface area contributed by atoms with Crippen LogP contribution in [-0.4, -0.2) is 19.9 Å². The summed E-state index contributed by atoms with van der Waals surface area (Å²) in [5.74, 6) is 1.20. The summed E-state index contributed by atoms with van der Waals surface area (Å²) >= 11 is 0. The molecule has 0 fully saturated rings. The maximum Gasteiger partial charge on any atom is 0.0979 e. The molecular formula is C57H54N4. The Balaban J connectivity index is 1.24. The summed E-state index contributed by atoms with van der Waals surface area (Å²) in [6, 6.07) is 44.6. The van der Waals surface area contributed by atoms with Crippen LogP contribution in [0.5, 0.6) is 0 Å². The second-order valence-electron chi connectivity index (χ2n) is 18.1. The fourth-order valence-electron chi connectivity index (χ4n) is 11.4. The number of nitrogens with zero attached hydrogens (tertiary/aromatic N) is 4. The van der Waals surface area contributed by atoms with Gasteiger partial charge in [-0.1, -0.05) is 176 Å². The van der Waals surface area contributed by atoms with E-state index in [1.54, 1.807) is 0 Å². The topological polar surface area (TPSA) is 51.6 Å². The lowest BCUT2D eigenvalue weighted by atomic mass is 9.65. The van der Waals surface area contributed by atoms with E-state index in [1.165, 1.54) is 95.2 Å². The van der Waals surface area contributed by atoms with E-state index >= 15 is 0 Å². The van der Waals surface area contributed by atoms with E-state index in [-0.39, 0.29) is 5.41 Å². The van der Waals surface area contributed by atoms with Crippen LogP contribution in [0.15, 0.2) is 121 Å². The van der Waals surface area contributed by atoms with Gasteiger partial charge in [-0.05, 0) is 92.7 Å². The lowest BCUT2D eigenvalue weighted by molar-refractivity contribution is 0.266. The Morgan fingerprint density at radius 3 is 0.984 bits per heavy atom. The molecule has 11 rings (SSSR count). The van der Waals surface area contributed by atoms with Crippen LogP contribution in [0.1, 0.15) is 103 Å². The molecule has 10 aromatic rings. The van der Waals surface area contributed by atoms with E-state index in [4.69, 9.17) is 19.9 Å². The quantitative estimate of drug-likeness (QED) is 0.0913. The molecule has 2 unspecified atom stereocenters. The summed E-state index contributed by atoms with van der Waals surface area (Å²) in [6.07, 6.45) is 12.0. The molecular weight excluding hydrogens is 741 g/mol. The SMILES string of the molecule is CCCCC(CC)CC1(CC(CC)CCCC)c2cc3nc4c5ccccc5c5ccccc5c4nc3cc2-c2cc3nc4c5ccccc5c5ccccc5c4nc3cc21. The highest BCUT2D eigenvalue weighted by molar-refractivity contribution is 6.25. The van der Waals surface area contributed by atoms with Gasteiger partial charge in [-0.25, -0.2) is 19.9 Å². The highest BCUT2D eigenvalue weighted by Crippen LogP contribution is 2.58. The molecule has 0 bridgehead atoms. The Labute approximate surface area is 358 Å². The first-order valence-electron chi connectivity index (χ1n) is 23.1. The zero-order valence-corrected chi connectivity index (χ0v) is 36.1. The Morgan fingerprint density at radius 1 is 0.393 bits per heavy atom. The molecule has 0 saturated carbocycles. The van der Waals surface area contributed by atoms with Crippen molar-refractivity contribution in [3.05, 3.63) is 132 Å². The number of hydrogen-bond donors (Lipinski definition) is 0. The zero-order valence-electron chi connectivity index (χ0n) is 36.1. The number of hydrogen-bond acceptors (Lipinski definition) is 4. The van der Waals surface area contributed by atoms with Crippen LogP contribution in [0, 0.1) is 11.8 Å². The summed E-state index contributed by atoms with van der Waals surface area (Å²) in [4.78, 5) is 22.4. The molecule has 1 aliphatic rings. The molecule has 2 aromatic heterocycles. The van der Waals surface area contributed by atoms with Gasteiger partial charge in [0.1, 0.15) is 0 Å². The van der Waals surface area contributed by atoms with Crippen LogP contribution in [0.25, 0.3) is 98.4 Å². The summed E-state index contributed by atoms with van der Waals surface area (Å²) in [6.45, 7) is 9.51. The highest BCUT2D eigenvalue weighted by atomic mass is 14.8. The summed E-state index contributed by atoms with van der Waals surface area (Å²) < 4.78 is 0. The molecule has 0 spiro atoms. The average Bonchev–Trinajstić information content (AvgIpc) is 3.55. The van der Waals surface area contributed by atoms with Gasteiger partial charge < -0.3 is 0 Å². The molecule has 0 saturated heterocycles. The normalized spacial score (nSPS) is 14.6. The standard InChI is InChI=1S/C57H54N4/c1-5-9-19-35(7-3)33-57(34-36(8-4)20-10-6-2)47-31-51-49(58-53-41-25-15-11-21-37(41)39-23-13-17-27-43(39)55(53)60-51)29-45(47)46-30-50-52(32-48(46)57)61-56-44-28-18-14-24-40(44)38-22-12-16-26-42(38)54(56)59-50/h11-18,21-32,35-36H,5-10,19-20,33-34H2,1-4H3. The number of fused-ring (bicyclic) bond motifs is 17. The van der Waals surface area contributed by atoms with Gasteiger partial charge >= 0.3 is 0 Å². The monoisotopic (exact) mass is 794 g/mol. The molecule has 0 aliphatic heterocycles. The zero-order chi connectivity index (χ0) is 41.2. The Hall–Kier alpha value is -6.00. The van der Waals surface area contributed by atoms with Crippen LogP contribution in [-0.2, 0) is 5.41 Å². The fraction of sp³-hybridized carbons (Fsp3) is 0.298. The van der Waals surface area contributed by atoms with Crippen molar-refractivity contribution in [1.82, 2.24) is 19.9 Å². The van der Waals surface area contributed by atoms with E-state index < -0.39 is 0 Å². The third kappa shape index (κ3) is 6.00. The van der Waals surface area contributed by atoms with Gasteiger partial charge in [0.15, 0.2) is 0 Å². The van der Waals surface area contributed by atoms with Crippen LogP contribution in [0.4, 0.5) is 0 Å². The van der Waals surface area contributed by atoms with Crippen molar-refractivity contribution in [3.63, 3.8) is 0 Å². The van der Waals surface area contributed by atoms with Crippen LogP contribution in [0.2, 0.25) is 0 Å². The lowest BCUT2D eigenvalue weighted by Crippen LogP contribution is -2.31. The van der Waals surface area contributed by atoms with Gasteiger partial charge in [0.2, 0.25) is 0 Å². The van der Waals surface area contributed by atoms with E-state index in [1.807, 2.05) is 0 Å². The smallest absolute Gasteiger partial charge is 0.0979 e. The molecule has 1 aliphatic carbocycles. The highest BCUT2D eigenvalue weighted by Gasteiger charge is 2.46. The van der Waals surface area contributed by atoms with E-state index in [0.717, 1.165) is 78.5 Å². The summed E-state index contributed by atoms with van der Waals surface area (Å²) in [7, 11) is 0. The Morgan fingerprint density at radius 2 is 0.689 bits per heavy atom. The Bertz CT molecular complexity index is 3120. The molecule has 8 aromatic carbocycles. The van der Waals surface area contributed by atoms with Gasteiger partial charge in [0.05, 0.1) is 44.1 Å². The average molecular weight is 795 g/mol.